The zero-order valence-corrected chi connectivity index (χ0v) is 14.6. The van der Waals surface area contributed by atoms with Gasteiger partial charge in [-0.1, -0.05) is 30.9 Å². The normalized spacial score (nSPS) is 27.2. The summed E-state index contributed by atoms with van der Waals surface area (Å²) in [5.41, 5.74) is 1.65. The smallest absolute Gasteiger partial charge is 0.109 e. The van der Waals surface area contributed by atoms with Crippen LogP contribution >= 0.6 is 0 Å². The molecule has 2 aliphatic rings. The SMILES string of the molecule is CC(C)(C)NC1=C2C(=CC1)[Si]2(C)[Si](C)(C)CCO. The molecule has 4 heteroatoms. The lowest BCUT2D eigenvalue weighted by Crippen LogP contribution is -2.48. The number of aliphatic hydroxyl groups excluding tert-OH is 1. The van der Waals surface area contributed by atoms with Gasteiger partial charge in [-0.2, -0.15) is 0 Å². The summed E-state index contributed by atoms with van der Waals surface area (Å²) in [5.74, 6) is 0. The molecule has 0 aromatic rings. The van der Waals surface area contributed by atoms with E-state index in [1.165, 1.54) is 5.70 Å². The fraction of sp³-hybridized carbons (Fsp3) is 0.714. The quantitative estimate of drug-likeness (QED) is 0.777. The predicted molar refractivity (Wildman–Crippen MR) is 83.6 cm³/mol. The molecule has 1 fully saturated rings. The Morgan fingerprint density at radius 2 is 2.00 bits per heavy atom. The van der Waals surface area contributed by atoms with E-state index in [0.717, 1.165) is 12.5 Å². The van der Waals surface area contributed by atoms with Gasteiger partial charge in [-0.25, -0.2) is 0 Å². The zero-order chi connectivity index (χ0) is 13.8. The Kier molecular flexibility index (Phi) is 3.20. The molecule has 0 bridgehead atoms. The molecule has 0 amide bonds. The Balaban J connectivity index is 2.26. The molecular formula is C14H27NOSi2. The van der Waals surface area contributed by atoms with Crippen LogP contribution in [0.15, 0.2) is 22.2 Å². The lowest BCUT2D eigenvalue weighted by molar-refractivity contribution is 0.317. The van der Waals surface area contributed by atoms with Crippen molar-refractivity contribution in [2.45, 2.75) is 58.4 Å². The van der Waals surface area contributed by atoms with Gasteiger partial charge in [0.05, 0.1) is 7.59 Å². The average molecular weight is 282 g/mol. The minimum Gasteiger partial charge on any atom is -0.397 e. The van der Waals surface area contributed by atoms with Crippen molar-refractivity contribution in [1.29, 1.82) is 0 Å². The van der Waals surface area contributed by atoms with Crippen LogP contribution in [0.3, 0.4) is 0 Å². The molecule has 1 saturated heterocycles. The number of fused-ring (bicyclic) bond motifs is 1. The molecule has 18 heavy (non-hydrogen) atoms. The molecule has 1 atom stereocenters. The summed E-state index contributed by atoms with van der Waals surface area (Å²) in [5, 5.41) is 16.4. The lowest BCUT2D eigenvalue weighted by Gasteiger charge is -2.30. The molecule has 1 aliphatic heterocycles. The second-order valence-electron chi connectivity index (χ2n) is 7.53. The maximum absolute atomic E-state index is 9.31. The molecule has 1 heterocycles. The molecule has 0 aromatic carbocycles. The van der Waals surface area contributed by atoms with Gasteiger partial charge in [0.25, 0.3) is 0 Å². The minimum atomic E-state index is -1.31. The molecular weight excluding hydrogens is 254 g/mol. The third kappa shape index (κ3) is 2.04. The molecule has 1 aliphatic carbocycles. The number of hydrogen-bond acceptors (Lipinski definition) is 2. The molecule has 2 N–H and O–H groups in total. The standard InChI is InChI=1S/C14H27NOSi2/c1-14(2,3)15-11-7-8-12-13(11)18(12,6)17(4,5)10-9-16/h8,15-16H,7,9-10H2,1-6H3. The van der Waals surface area contributed by atoms with Crippen molar-refractivity contribution >= 4 is 15.2 Å². The third-order valence-corrected chi connectivity index (χ3v) is 22.1. The first-order valence-corrected chi connectivity index (χ1v) is 13.7. The third-order valence-electron chi connectivity index (χ3n) is 4.67. The highest BCUT2D eigenvalue weighted by Gasteiger charge is 2.64. The van der Waals surface area contributed by atoms with Gasteiger partial charge in [0.2, 0.25) is 0 Å². The van der Waals surface area contributed by atoms with Crippen LogP contribution in [0.1, 0.15) is 27.2 Å². The second-order valence-corrected chi connectivity index (χ2v) is 22.2. The summed E-state index contributed by atoms with van der Waals surface area (Å²) in [6.07, 6.45) is 3.57. The van der Waals surface area contributed by atoms with E-state index in [0.29, 0.717) is 6.61 Å². The van der Waals surface area contributed by atoms with Crippen molar-refractivity contribution < 1.29 is 5.11 Å². The van der Waals surface area contributed by atoms with Crippen LogP contribution in [-0.4, -0.2) is 32.4 Å². The first-order chi connectivity index (χ1) is 8.13. The van der Waals surface area contributed by atoms with E-state index in [2.05, 4.69) is 51.8 Å². The number of allylic oxidation sites excluding steroid dienone is 3. The van der Waals surface area contributed by atoms with Crippen LogP contribution in [0, 0.1) is 0 Å². The lowest BCUT2D eigenvalue weighted by atomic mass is 10.1. The van der Waals surface area contributed by atoms with Gasteiger partial charge < -0.3 is 10.4 Å². The Labute approximate surface area is 113 Å². The van der Waals surface area contributed by atoms with E-state index in [-0.39, 0.29) is 5.54 Å². The Morgan fingerprint density at radius 1 is 1.39 bits per heavy atom. The predicted octanol–water partition coefficient (Wildman–Crippen LogP) is 2.91. The van der Waals surface area contributed by atoms with Gasteiger partial charge in [0.15, 0.2) is 0 Å². The number of hydrogen-bond donors (Lipinski definition) is 2. The van der Waals surface area contributed by atoms with E-state index in [9.17, 15) is 5.11 Å². The fourth-order valence-corrected chi connectivity index (χ4v) is 16.4. The molecule has 1 unspecified atom stereocenters. The highest BCUT2D eigenvalue weighted by atomic mass is 29.3. The number of aliphatic hydroxyl groups is 1. The van der Waals surface area contributed by atoms with Gasteiger partial charge in [0.1, 0.15) is 7.59 Å². The Bertz CT molecular complexity index is 432. The van der Waals surface area contributed by atoms with Crippen LogP contribution in [0.25, 0.3) is 0 Å². The summed E-state index contributed by atoms with van der Waals surface area (Å²) < 4.78 is 0. The molecule has 0 aromatic heterocycles. The first kappa shape index (κ1) is 14.1. The monoisotopic (exact) mass is 281 g/mol. The minimum absolute atomic E-state index is 0.159. The highest BCUT2D eigenvalue weighted by molar-refractivity contribution is 7.53. The van der Waals surface area contributed by atoms with Crippen LogP contribution < -0.4 is 5.32 Å². The van der Waals surface area contributed by atoms with Crippen molar-refractivity contribution in [2.75, 3.05) is 6.61 Å². The summed E-state index contributed by atoms with van der Waals surface area (Å²) in [4.78, 5) is 0. The largest absolute Gasteiger partial charge is 0.397 e. The summed E-state index contributed by atoms with van der Waals surface area (Å²) >= 11 is 0. The summed E-state index contributed by atoms with van der Waals surface area (Å²) in [6, 6.07) is 1.05. The van der Waals surface area contributed by atoms with Gasteiger partial charge in [-0.3, -0.25) is 0 Å². The molecule has 2 rings (SSSR count). The van der Waals surface area contributed by atoms with Crippen LogP contribution in [0.4, 0.5) is 0 Å². The molecule has 0 saturated carbocycles. The van der Waals surface area contributed by atoms with E-state index in [4.69, 9.17) is 0 Å². The molecule has 2 nitrogen and oxygen atoms in total. The van der Waals surface area contributed by atoms with E-state index in [1.54, 1.807) is 10.4 Å². The first-order valence-electron chi connectivity index (χ1n) is 6.97. The average Bonchev–Trinajstić information content (AvgIpc) is 2.59. The van der Waals surface area contributed by atoms with E-state index < -0.39 is 15.2 Å². The maximum atomic E-state index is 9.31. The second kappa shape index (κ2) is 4.08. The summed E-state index contributed by atoms with van der Waals surface area (Å²) in [7, 11) is -2.59. The van der Waals surface area contributed by atoms with Gasteiger partial charge in [-0.05, 0) is 32.0 Å². The van der Waals surface area contributed by atoms with Crippen molar-refractivity contribution in [1.82, 2.24) is 5.32 Å². The zero-order valence-electron chi connectivity index (χ0n) is 12.6. The van der Waals surface area contributed by atoms with E-state index in [1.807, 2.05) is 0 Å². The van der Waals surface area contributed by atoms with Crippen molar-refractivity contribution in [3.05, 3.63) is 22.2 Å². The topological polar surface area (TPSA) is 32.3 Å². The molecule has 0 radical (unpaired) electrons. The Morgan fingerprint density at radius 3 is 2.50 bits per heavy atom. The van der Waals surface area contributed by atoms with Crippen molar-refractivity contribution in [3.63, 3.8) is 0 Å². The molecule has 102 valence electrons. The summed E-state index contributed by atoms with van der Waals surface area (Å²) in [6.45, 7) is 14.5. The highest BCUT2D eigenvalue weighted by Crippen LogP contribution is 2.58. The maximum Gasteiger partial charge on any atom is 0.109 e. The number of rotatable bonds is 4. The van der Waals surface area contributed by atoms with Gasteiger partial charge >= 0.3 is 0 Å². The van der Waals surface area contributed by atoms with Crippen LogP contribution in [0.2, 0.25) is 25.7 Å². The van der Waals surface area contributed by atoms with Crippen LogP contribution in [-0.2, 0) is 0 Å². The van der Waals surface area contributed by atoms with Gasteiger partial charge in [-0.15, -0.1) is 0 Å². The van der Waals surface area contributed by atoms with Gasteiger partial charge in [0, 0.05) is 24.3 Å². The van der Waals surface area contributed by atoms with E-state index >= 15 is 0 Å². The van der Waals surface area contributed by atoms with Crippen molar-refractivity contribution in [3.8, 4) is 0 Å². The van der Waals surface area contributed by atoms with Crippen LogP contribution in [0.5, 0.6) is 0 Å². The molecule has 0 spiro atoms. The fourth-order valence-electron chi connectivity index (χ4n) is 3.27. The van der Waals surface area contributed by atoms with Crippen molar-refractivity contribution in [2.24, 2.45) is 0 Å². The Hall–Kier alpha value is -0.326. The number of nitrogens with one attached hydrogen (secondary N) is 1.